The molecule has 0 spiro atoms. The first kappa shape index (κ1) is 17.3. The van der Waals surface area contributed by atoms with E-state index in [4.69, 9.17) is 4.74 Å². The molecule has 1 aliphatic rings. The molecule has 0 atom stereocenters. The van der Waals surface area contributed by atoms with E-state index in [2.05, 4.69) is 5.10 Å². The summed E-state index contributed by atoms with van der Waals surface area (Å²) in [5.74, 6) is -1.15. The standard InChI is InChI=1S/C18H15N3O5/c22-17(20-11-10-16(19-20)13-4-2-1-3-5-13)12-26-18(23)14-6-8-15(9-7-14)21(24)25/h1-9H,10-12H2. The Balaban J connectivity index is 1.56. The Kier molecular flexibility index (Phi) is 5.02. The Morgan fingerprint density at radius 1 is 1.12 bits per heavy atom. The number of nitrogens with zero attached hydrogens (tertiary/aromatic N) is 3. The van der Waals surface area contributed by atoms with Crippen LogP contribution in [0.25, 0.3) is 0 Å². The lowest BCUT2D eigenvalue weighted by atomic mass is 10.1. The number of nitro groups is 1. The molecule has 0 aliphatic carbocycles. The van der Waals surface area contributed by atoms with E-state index in [9.17, 15) is 19.7 Å². The van der Waals surface area contributed by atoms with Crippen molar-refractivity contribution in [2.75, 3.05) is 13.2 Å². The van der Waals surface area contributed by atoms with Gasteiger partial charge in [-0.3, -0.25) is 14.9 Å². The molecule has 26 heavy (non-hydrogen) atoms. The SMILES string of the molecule is O=C(OCC(=O)N1CCC(c2ccccc2)=N1)c1ccc([N+](=O)[O-])cc1. The predicted molar refractivity (Wildman–Crippen MR) is 92.7 cm³/mol. The monoisotopic (exact) mass is 353 g/mol. The van der Waals surface area contributed by atoms with Gasteiger partial charge >= 0.3 is 5.97 Å². The van der Waals surface area contributed by atoms with E-state index in [-0.39, 0.29) is 11.3 Å². The molecule has 8 heteroatoms. The first-order valence-corrected chi connectivity index (χ1v) is 7.89. The van der Waals surface area contributed by atoms with E-state index >= 15 is 0 Å². The van der Waals surface area contributed by atoms with Gasteiger partial charge in [-0.2, -0.15) is 5.10 Å². The van der Waals surface area contributed by atoms with Crippen molar-refractivity contribution in [1.29, 1.82) is 0 Å². The topological polar surface area (TPSA) is 102 Å². The Morgan fingerprint density at radius 3 is 2.46 bits per heavy atom. The van der Waals surface area contributed by atoms with Gasteiger partial charge in [0.05, 0.1) is 22.7 Å². The molecule has 0 aromatic heterocycles. The van der Waals surface area contributed by atoms with Gasteiger partial charge in [0.1, 0.15) is 0 Å². The van der Waals surface area contributed by atoms with Gasteiger partial charge in [-0.15, -0.1) is 0 Å². The van der Waals surface area contributed by atoms with E-state index in [1.54, 1.807) is 0 Å². The number of amides is 1. The molecule has 132 valence electrons. The number of carbonyl (C=O) groups excluding carboxylic acids is 2. The number of esters is 1. The largest absolute Gasteiger partial charge is 0.452 e. The maximum Gasteiger partial charge on any atom is 0.338 e. The van der Waals surface area contributed by atoms with Gasteiger partial charge < -0.3 is 4.74 Å². The van der Waals surface area contributed by atoms with Crippen LogP contribution in [0.2, 0.25) is 0 Å². The molecule has 0 radical (unpaired) electrons. The fourth-order valence-corrected chi connectivity index (χ4v) is 2.47. The van der Waals surface area contributed by atoms with Crippen molar-refractivity contribution < 1.29 is 19.2 Å². The first-order chi connectivity index (χ1) is 12.5. The normalized spacial score (nSPS) is 13.2. The van der Waals surface area contributed by atoms with E-state index in [1.165, 1.54) is 29.3 Å². The molecule has 3 rings (SSSR count). The quantitative estimate of drug-likeness (QED) is 0.466. The van der Waals surface area contributed by atoms with E-state index in [1.807, 2.05) is 30.3 Å². The minimum atomic E-state index is -0.722. The number of ether oxygens (including phenoxy) is 1. The smallest absolute Gasteiger partial charge is 0.338 e. The lowest BCUT2D eigenvalue weighted by Crippen LogP contribution is -2.28. The molecule has 1 heterocycles. The third kappa shape index (κ3) is 3.92. The Bertz CT molecular complexity index is 862. The second-order valence-corrected chi connectivity index (χ2v) is 5.56. The highest BCUT2D eigenvalue weighted by molar-refractivity contribution is 6.02. The van der Waals surface area contributed by atoms with Crippen LogP contribution in [0.15, 0.2) is 59.7 Å². The summed E-state index contributed by atoms with van der Waals surface area (Å²) in [7, 11) is 0. The molecule has 0 saturated heterocycles. The van der Waals surface area contributed by atoms with Crippen LogP contribution < -0.4 is 0 Å². The summed E-state index contributed by atoms with van der Waals surface area (Å²) in [6.07, 6.45) is 0.631. The Morgan fingerprint density at radius 2 is 1.81 bits per heavy atom. The second-order valence-electron chi connectivity index (χ2n) is 5.56. The van der Waals surface area contributed by atoms with E-state index in [0.29, 0.717) is 13.0 Å². The fourth-order valence-electron chi connectivity index (χ4n) is 2.47. The summed E-state index contributed by atoms with van der Waals surface area (Å²) in [6.45, 7) is -0.0144. The molecule has 0 saturated carbocycles. The van der Waals surface area contributed by atoms with Crippen molar-refractivity contribution in [2.45, 2.75) is 6.42 Å². The van der Waals surface area contributed by atoms with Crippen molar-refractivity contribution in [3.8, 4) is 0 Å². The summed E-state index contributed by atoms with van der Waals surface area (Å²) < 4.78 is 4.97. The summed E-state index contributed by atoms with van der Waals surface area (Å²) in [6, 6.07) is 14.5. The summed E-state index contributed by atoms with van der Waals surface area (Å²) in [5, 5.41) is 16.2. The van der Waals surface area contributed by atoms with Crippen molar-refractivity contribution in [1.82, 2.24) is 5.01 Å². The van der Waals surface area contributed by atoms with Gasteiger partial charge in [0.2, 0.25) is 0 Å². The minimum Gasteiger partial charge on any atom is -0.452 e. The summed E-state index contributed by atoms with van der Waals surface area (Å²) >= 11 is 0. The number of hydrogen-bond donors (Lipinski definition) is 0. The average Bonchev–Trinajstić information content (AvgIpc) is 3.17. The van der Waals surface area contributed by atoms with Gasteiger partial charge in [0.15, 0.2) is 6.61 Å². The van der Waals surface area contributed by atoms with Crippen LogP contribution in [0.5, 0.6) is 0 Å². The van der Waals surface area contributed by atoms with Crippen LogP contribution >= 0.6 is 0 Å². The molecule has 0 N–H and O–H groups in total. The van der Waals surface area contributed by atoms with Crippen LogP contribution in [-0.4, -0.2) is 40.7 Å². The van der Waals surface area contributed by atoms with Crippen LogP contribution in [0.3, 0.4) is 0 Å². The number of hydrogen-bond acceptors (Lipinski definition) is 6. The molecular weight excluding hydrogens is 338 g/mol. The third-order valence-electron chi connectivity index (χ3n) is 3.84. The van der Waals surface area contributed by atoms with Gasteiger partial charge in [0.25, 0.3) is 11.6 Å². The Labute approximate surface area is 148 Å². The molecule has 0 bridgehead atoms. The summed E-state index contributed by atoms with van der Waals surface area (Å²) in [5.41, 5.74) is 1.77. The first-order valence-electron chi connectivity index (χ1n) is 7.89. The Hall–Kier alpha value is -3.55. The molecule has 0 unspecified atom stereocenters. The lowest BCUT2D eigenvalue weighted by molar-refractivity contribution is -0.384. The van der Waals surface area contributed by atoms with E-state index in [0.717, 1.165) is 11.3 Å². The molecular formula is C18H15N3O5. The number of non-ortho nitro benzene ring substituents is 1. The van der Waals surface area contributed by atoms with Gasteiger partial charge in [-0.1, -0.05) is 30.3 Å². The van der Waals surface area contributed by atoms with Crippen LogP contribution in [0.4, 0.5) is 5.69 Å². The lowest BCUT2D eigenvalue weighted by Gasteiger charge is -2.11. The number of hydrazone groups is 1. The highest BCUT2D eigenvalue weighted by atomic mass is 16.6. The van der Waals surface area contributed by atoms with Crippen molar-refractivity contribution in [3.63, 3.8) is 0 Å². The van der Waals surface area contributed by atoms with Gasteiger partial charge in [-0.25, -0.2) is 9.80 Å². The minimum absolute atomic E-state index is 0.127. The van der Waals surface area contributed by atoms with Crippen molar-refractivity contribution >= 4 is 23.3 Å². The molecule has 8 nitrogen and oxygen atoms in total. The number of rotatable bonds is 5. The molecule has 1 amide bonds. The average molecular weight is 353 g/mol. The summed E-state index contributed by atoms with van der Waals surface area (Å²) in [4.78, 5) is 34.1. The molecule has 2 aromatic carbocycles. The zero-order valence-electron chi connectivity index (χ0n) is 13.7. The van der Waals surface area contributed by atoms with Crippen molar-refractivity contribution in [3.05, 3.63) is 75.8 Å². The predicted octanol–water partition coefficient (Wildman–Crippen LogP) is 2.39. The fraction of sp³-hybridized carbons (Fsp3) is 0.167. The zero-order valence-corrected chi connectivity index (χ0v) is 13.7. The molecule has 1 aliphatic heterocycles. The van der Waals surface area contributed by atoms with Crippen molar-refractivity contribution in [2.24, 2.45) is 5.10 Å². The maximum absolute atomic E-state index is 12.2. The number of carbonyl (C=O) groups is 2. The third-order valence-corrected chi connectivity index (χ3v) is 3.84. The molecule has 2 aromatic rings. The number of benzene rings is 2. The number of nitro benzene ring substituents is 1. The van der Waals surface area contributed by atoms with E-state index < -0.39 is 23.4 Å². The highest BCUT2D eigenvalue weighted by Gasteiger charge is 2.22. The van der Waals surface area contributed by atoms with Gasteiger partial charge in [-0.05, 0) is 17.7 Å². The van der Waals surface area contributed by atoms with Crippen LogP contribution in [0.1, 0.15) is 22.3 Å². The van der Waals surface area contributed by atoms with Crippen LogP contribution in [-0.2, 0) is 9.53 Å². The molecule has 0 fully saturated rings. The second kappa shape index (κ2) is 7.56. The maximum atomic E-state index is 12.2. The highest BCUT2D eigenvalue weighted by Crippen LogP contribution is 2.15. The zero-order chi connectivity index (χ0) is 18.5. The van der Waals surface area contributed by atoms with Crippen LogP contribution in [0, 0.1) is 10.1 Å². The van der Waals surface area contributed by atoms with Gasteiger partial charge in [0, 0.05) is 18.6 Å².